The van der Waals surface area contributed by atoms with Gasteiger partial charge in [0.25, 0.3) is 0 Å². The Morgan fingerprint density at radius 3 is 2.80 bits per heavy atom. The number of benzene rings is 1. The van der Waals surface area contributed by atoms with Crippen LogP contribution in [0.25, 0.3) is 11.1 Å². The molecule has 0 radical (unpaired) electrons. The number of aryl methyl sites for hydroxylation is 1. The van der Waals surface area contributed by atoms with E-state index in [0.717, 1.165) is 16.8 Å². The predicted octanol–water partition coefficient (Wildman–Crippen LogP) is 4.33. The van der Waals surface area contributed by atoms with E-state index in [1.165, 1.54) is 23.1 Å². The van der Waals surface area contributed by atoms with E-state index in [1.807, 2.05) is 13.0 Å². The summed E-state index contributed by atoms with van der Waals surface area (Å²) in [6, 6.07) is 9.39. The van der Waals surface area contributed by atoms with Crippen molar-refractivity contribution in [2.24, 2.45) is 0 Å². The van der Waals surface area contributed by atoms with Crippen molar-refractivity contribution in [3.05, 3.63) is 71.0 Å². The van der Waals surface area contributed by atoms with Crippen molar-refractivity contribution in [3.8, 4) is 11.1 Å². The number of carbonyl (C=O) groups excluding carboxylic acids is 2. The van der Waals surface area contributed by atoms with Crippen LogP contribution in [0.5, 0.6) is 0 Å². The van der Waals surface area contributed by atoms with Gasteiger partial charge in [-0.05, 0) is 44.2 Å². The molecule has 152 valence electrons. The molecule has 30 heavy (non-hydrogen) atoms. The van der Waals surface area contributed by atoms with Crippen LogP contribution in [-0.2, 0) is 9.59 Å². The third-order valence-corrected chi connectivity index (χ3v) is 5.28. The highest BCUT2D eigenvalue weighted by Gasteiger charge is 2.33. The van der Waals surface area contributed by atoms with Gasteiger partial charge in [-0.2, -0.15) is 0 Å². The lowest BCUT2D eigenvalue weighted by molar-refractivity contribution is -0.122. The van der Waals surface area contributed by atoms with Crippen molar-refractivity contribution in [2.45, 2.75) is 19.8 Å². The average molecular weight is 425 g/mol. The van der Waals surface area contributed by atoms with E-state index in [0.29, 0.717) is 17.1 Å². The first-order valence-corrected chi connectivity index (χ1v) is 9.71. The van der Waals surface area contributed by atoms with Gasteiger partial charge in [0.05, 0.1) is 22.3 Å². The number of rotatable bonds is 3. The molecule has 4 rings (SSSR count). The molecule has 2 aromatic heterocycles. The van der Waals surface area contributed by atoms with E-state index in [2.05, 4.69) is 15.3 Å². The molecule has 3 aromatic rings. The van der Waals surface area contributed by atoms with Crippen molar-refractivity contribution in [1.29, 1.82) is 0 Å². The Kier molecular flexibility index (Phi) is 5.22. The lowest BCUT2D eigenvalue weighted by Crippen LogP contribution is -2.40. The molecule has 1 N–H and O–H groups in total. The Morgan fingerprint density at radius 1 is 1.23 bits per heavy atom. The van der Waals surface area contributed by atoms with Gasteiger partial charge in [0.15, 0.2) is 0 Å². The Morgan fingerprint density at radius 2 is 2.03 bits per heavy atom. The van der Waals surface area contributed by atoms with Crippen molar-refractivity contribution in [3.63, 3.8) is 0 Å². The van der Waals surface area contributed by atoms with Crippen LogP contribution < -0.4 is 10.2 Å². The summed E-state index contributed by atoms with van der Waals surface area (Å²) in [5.41, 5.74) is 3.85. The van der Waals surface area contributed by atoms with Crippen LogP contribution in [0.1, 0.15) is 24.2 Å². The van der Waals surface area contributed by atoms with Gasteiger partial charge in [-0.25, -0.2) is 4.39 Å². The zero-order chi connectivity index (χ0) is 21.4. The molecule has 0 spiro atoms. The number of nitrogens with zero attached hydrogens (tertiary/aromatic N) is 3. The number of aromatic nitrogens is 2. The minimum Gasteiger partial charge on any atom is -0.324 e. The third kappa shape index (κ3) is 3.64. The Labute approximate surface area is 177 Å². The number of pyridine rings is 2. The normalized spacial score (nSPS) is 15.3. The minimum absolute atomic E-state index is 0.0964. The molecule has 3 heterocycles. The van der Waals surface area contributed by atoms with E-state index >= 15 is 0 Å². The number of nitrogens with one attached hydrogen (secondary N) is 1. The lowest BCUT2D eigenvalue weighted by Gasteiger charge is -2.24. The van der Waals surface area contributed by atoms with Crippen molar-refractivity contribution in [2.75, 3.05) is 16.8 Å². The van der Waals surface area contributed by atoms with E-state index in [9.17, 15) is 14.0 Å². The zero-order valence-corrected chi connectivity index (χ0v) is 17.1. The number of fused-ring (bicyclic) bond motifs is 3. The van der Waals surface area contributed by atoms with Crippen LogP contribution in [0, 0.1) is 12.7 Å². The standard InChI is InChI=1S/C22H18ClFN4O2/c1-12-8-19-16(10-26-12)15-4-3-7-25-21(15)13(2)22(30)28(19)11-20(29)27-14-5-6-18(24)17(23)9-14/h3-10,13H,11H2,1-2H3,(H,27,29)/t13-/m1/s1. The SMILES string of the molecule is Cc1cc2c(cn1)-c1cccnc1[C@@H](C)C(=O)N2CC(=O)Nc1ccc(F)c(Cl)c1. The van der Waals surface area contributed by atoms with Crippen LogP contribution >= 0.6 is 11.6 Å². The summed E-state index contributed by atoms with van der Waals surface area (Å²) in [7, 11) is 0. The molecule has 8 heteroatoms. The molecule has 0 bridgehead atoms. The Balaban J connectivity index is 1.70. The molecular weight excluding hydrogens is 407 g/mol. The Hall–Kier alpha value is -3.32. The Bertz CT molecular complexity index is 1170. The van der Waals surface area contributed by atoms with Crippen LogP contribution in [0.3, 0.4) is 0 Å². The summed E-state index contributed by atoms with van der Waals surface area (Å²) in [5, 5.41) is 2.57. The summed E-state index contributed by atoms with van der Waals surface area (Å²) in [6.45, 7) is 3.37. The number of amides is 2. The van der Waals surface area contributed by atoms with Crippen molar-refractivity contribution < 1.29 is 14.0 Å². The van der Waals surface area contributed by atoms with Gasteiger partial charge in [-0.3, -0.25) is 19.6 Å². The third-order valence-electron chi connectivity index (χ3n) is 4.99. The molecule has 1 atom stereocenters. The largest absolute Gasteiger partial charge is 0.324 e. The van der Waals surface area contributed by atoms with Crippen LogP contribution in [0.15, 0.2) is 48.8 Å². The van der Waals surface area contributed by atoms with Gasteiger partial charge in [0.2, 0.25) is 11.8 Å². The predicted molar refractivity (Wildman–Crippen MR) is 113 cm³/mol. The monoisotopic (exact) mass is 424 g/mol. The second-order valence-electron chi connectivity index (χ2n) is 7.10. The van der Waals surface area contributed by atoms with Gasteiger partial charge in [-0.1, -0.05) is 17.7 Å². The minimum atomic E-state index is -0.576. The van der Waals surface area contributed by atoms with E-state index < -0.39 is 17.6 Å². The molecule has 0 saturated carbocycles. The quantitative estimate of drug-likeness (QED) is 0.678. The second kappa shape index (κ2) is 7.84. The van der Waals surface area contributed by atoms with E-state index in [4.69, 9.17) is 11.6 Å². The first kappa shape index (κ1) is 20.0. The molecule has 2 amide bonds. The van der Waals surface area contributed by atoms with Crippen molar-refractivity contribution in [1.82, 2.24) is 9.97 Å². The fraction of sp³-hybridized carbons (Fsp3) is 0.182. The number of halogens is 2. The molecular formula is C22H18ClFN4O2. The van der Waals surface area contributed by atoms with Crippen LogP contribution in [-0.4, -0.2) is 28.3 Å². The van der Waals surface area contributed by atoms with E-state index in [1.54, 1.807) is 31.5 Å². The number of hydrogen-bond donors (Lipinski definition) is 1. The highest BCUT2D eigenvalue weighted by atomic mass is 35.5. The highest BCUT2D eigenvalue weighted by Crippen LogP contribution is 2.39. The summed E-state index contributed by atoms with van der Waals surface area (Å²) < 4.78 is 13.4. The van der Waals surface area contributed by atoms with Gasteiger partial charge >= 0.3 is 0 Å². The highest BCUT2D eigenvalue weighted by molar-refractivity contribution is 6.31. The smallest absolute Gasteiger partial charge is 0.244 e. The summed E-state index contributed by atoms with van der Waals surface area (Å²) in [4.78, 5) is 36.2. The molecule has 0 unspecified atom stereocenters. The first-order chi connectivity index (χ1) is 14.3. The topological polar surface area (TPSA) is 75.2 Å². The molecule has 0 saturated heterocycles. The second-order valence-corrected chi connectivity index (χ2v) is 7.51. The van der Waals surface area contributed by atoms with Gasteiger partial charge in [0.1, 0.15) is 12.4 Å². The molecule has 6 nitrogen and oxygen atoms in total. The zero-order valence-electron chi connectivity index (χ0n) is 16.3. The summed E-state index contributed by atoms with van der Waals surface area (Å²) in [5.74, 6) is -1.79. The molecule has 0 aliphatic carbocycles. The number of anilines is 2. The van der Waals surface area contributed by atoms with Gasteiger partial charge in [-0.15, -0.1) is 0 Å². The molecule has 1 aliphatic heterocycles. The fourth-order valence-corrected chi connectivity index (χ4v) is 3.70. The average Bonchev–Trinajstić information content (AvgIpc) is 2.80. The first-order valence-electron chi connectivity index (χ1n) is 9.33. The lowest BCUT2D eigenvalue weighted by atomic mass is 9.98. The van der Waals surface area contributed by atoms with Crippen LogP contribution in [0.4, 0.5) is 15.8 Å². The van der Waals surface area contributed by atoms with Gasteiger partial charge < -0.3 is 10.2 Å². The van der Waals surface area contributed by atoms with Crippen LogP contribution in [0.2, 0.25) is 5.02 Å². The summed E-state index contributed by atoms with van der Waals surface area (Å²) in [6.07, 6.45) is 3.34. The maximum absolute atomic E-state index is 13.4. The van der Waals surface area contributed by atoms with Crippen molar-refractivity contribution >= 4 is 34.8 Å². The number of hydrogen-bond acceptors (Lipinski definition) is 4. The maximum Gasteiger partial charge on any atom is 0.244 e. The number of carbonyl (C=O) groups is 2. The fourth-order valence-electron chi connectivity index (χ4n) is 3.52. The molecule has 0 fully saturated rings. The summed E-state index contributed by atoms with van der Waals surface area (Å²) >= 11 is 5.78. The molecule has 1 aliphatic rings. The van der Waals surface area contributed by atoms with Gasteiger partial charge in [0, 0.05) is 34.9 Å². The van der Waals surface area contributed by atoms with E-state index in [-0.39, 0.29) is 17.5 Å². The maximum atomic E-state index is 13.4. The molecule has 1 aromatic carbocycles.